The number of ketones is 2. The molecule has 0 aliphatic heterocycles. The van der Waals surface area contributed by atoms with Crippen molar-refractivity contribution >= 4 is 11.6 Å². The van der Waals surface area contributed by atoms with Gasteiger partial charge in [-0.15, -0.1) is 0 Å². The molecule has 0 fully saturated rings. The van der Waals surface area contributed by atoms with Crippen molar-refractivity contribution in [3.8, 4) is 5.75 Å². The average molecular weight is 192 g/mol. The van der Waals surface area contributed by atoms with Crippen LogP contribution in [-0.2, 0) is 0 Å². The molecule has 70 valence electrons. The molecule has 1 aliphatic carbocycles. The van der Waals surface area contributed by atoms with Gasteiger partial charge < -0.3 is 5.11 Å². The molecule has 0 saturated carbocycles. The van der Waals surface area contributed by atoms with E-state index >= 15 is 0 Å². The van der Waals surface area contributed by atoms with Gasteiger partial charge in [0.05, 0.1) is 0 Å². The van der Waals surface area contributed by atoms with Gasteiger partial charge in [-0.1, -0.05) is 0 Å². The summed E-state index contributed by atoms with van der Waals surface area (Å²) in [5.74, 6) is -2.68. The molecule has 0 heterocycles. The Morgan fingerprint density at radius 2 is 1.86 bits per heavy atom. The zero-order valence-corrected chi connectivity index (χ0v) is 6.95. The van der Waals surface area contributed by atoms with Gasteiger partial charge in [-0.2, -0.15) is 0 Å². The van der Waals surface area contributed by atoms with Crippen molar-refractivity contribution in [1.82, 2.24) is 0 Å². The van der Waals surface area contributed by atoms with E-state index in [2.05, 4.69) is 0 Å². The quantitative estimate of drug-likeness (QED) is 0.679. The first-order valence-electron chi connectivity index (χ1n) is 3.89. The van der Waals surface area contributed by atoms with E-state index in [1.807, 2.05) is 0 Å². The molecule has 1 aromatic carbocycles. The van der Waals surface area contributed by atoms with E-state index in [1.54, 1.807) is 0 Å². The maximum absolute atomic E-state index is 12.8. The normalized spacial score (nSPS) is 15.1. The Hall–Kier alpha value is -1.97. The molecular formula is C10H5FO3. The Morgan fingerprint density at radius 3 is 2.57 bits per heavy atom. The molecule has 1 N–H and O–H groups in total. The second-order valence-corrected chi connectivity index (χ2v) is 2.92. The maximum Gasteiger partial charge on any atom is 0.222 e. The van der Waals surface area contributed by atoms with Gasteiger partial charge in [0.2, 0.25) is 5.78 Å². The lowest BCUT2D eigenvalue weighted by atomic mass is 9.94. The number of halogens is 1. The average Bonchev–Trinajstić information content (AvgIpc) is 2.14. The van der Waals surface area contributed by atoms with Crippen LogP contribution in [0.25, 0.3) is 0 Å². The molecule has 0 aromatic heterocycles. The van der Waals surface area contributed by atoms with Gasteiger partial charge in [-0.3, -0.25) is 9.59 Å². The molecule has 0 unspecified atom stereocenters. The number of allylic oxidation sites excluding steroid dienone is 2. The van der Waals surface area contributed by atoms with Gasteiger partial charge in [0.25, 0.3) is 0 Å². The van der Waals surface area contributed by atoms with Crippen LogP contribution in [0.1, 0.15) is 20.7 Å². The van der Waals surface area contributed by atoms with Gasteiger partial charge >= 0.3 is 0 Å². The molecule has 4 heteroatoms. The van der Waals surface area contributed by atoms with Crippen LogP contribution in [-0.4, -0.2) is 16.7 Å². The third-order valence-electron chi connectivity index (χ3n) is 1.99. The van der Waals surface area contributed by atoms with Crippen LogP contribution in [0.3, 0.4) is 0 Å². The topological polar surface area (TPSA) is 54.4 Å². The second-order valence-electron chi connectivity index (χ2n) is 2.92. The van der Waals surface area contributed by atoms with Gasteiger partial charge in [-0.25, -0.2) is 4.39 Å². The number of phenols is 1. The zero-order chi connectivity index (χ0) is 10.3. The van der Waals surface area contributed by atoms with Crippen LogP contribution in [0.15, 0.2) is 30.1 Å². The Morgan fingerprint density at radius 1 is 1.14 bits per heavy atom. The zero-order valence-electron chi connectivity index (χ0n) is 6.95. The molecular weight excluding hydrogens is 187 g/mol. The maximum atomic E-state index is 12.8. The van der Waals surface area contributed by atoms with E-state index in [0.717, 1.165) is 6.07 Å². The molecule has 0 radical (unpaired) electrons. The fraction of sp³-hybridized carbons (Fsp3) is 0. The predicted octanol–water partition coefficient (Wildman–Crippen LogP) is 1.62. The Kier molecular flexibility index (Phi) is 1.70. The highest BCUT2D eigenvalue weighted by atomic mass is 19.1. The van der Waals surface area contributed by atoms with Crippen LogP contribution >= 0.6 is 0 Å². The molecule has 3 nitrogen and oxygen atoms in total. The highest BCUT2D eigenvalue weighted by Crippen LogP contribution is 2.25. The summed E-state index contributed by atoms with van der Waals surface area (Å²) >= 11 is 0. The summed E-state index contributed by atoms with van der Waals surface area (Å²) in [6, 6.07) is 3.66. The molecule has 1 aliphatic rings. The number of hydrogen-bond donors (Lipinski definition) is 1. The minimum Gasteiger partial charge on any atom is -0.508 e. The summed E-state index contributed by atoms with van der Waals surface area (Å²) in [6.07, 6.45) is 0.654. The van der Waals surface area contributed by atoms with Crippen molar-refractivity contribution in [2.24, 2.45) is 0 Å². The molecule has 0 amide bonds. The van der Waals surface area contributed by atoms with Crippen molar-refractivity contribution in [1.29, 1.82) is 0 Å². The van der Waals surface area contributed by atoms with Crippen molar-refractivity contribution in [2.75, 3.05) is 0 Å². The van der Waals surface area contributed by atoms with E-state index < -0.39 is 17.4 Å². The predicted molar refractivity (Wildman–Crippen MR) is 46.0 cm³/mol. The molecule has 1 aromatic rings. The minimum absolute atomic E-state index is 0.0880. The van der Waals surface area contributed by atoms with Crippen molar-refractivity contribution in [3.05, 3.63) is 41.2 Å². The largest absolute Gasteiger partial charge is 0.508 e. The lowest BCUT2D eigenvalue weighted by Crippen LogP contribution is -2.14. The summed E-state index contributed by atoms with van der Waals surface area (Å²) in [5, 5.41) is 9.07. The monoisotopic (exact) mass is 192 g/mol. The minimum atomic E-state index is -1.09. The van der Waals surface area contributed by atoms with Crippen LogP contribution in [0.4, 0.5) is 4.39 Å². The number of Topliss-reactive ketones (excluding diaryl/α,β-unsaturated/α-hetero) is 1. The molecule has 0 bridgehead atoms. The van der Waals surface area contributed by atoms with Gasteiger partial charge in [0, 0.05) is 17.2 Å². The Bertz CT molecular complexity index is 474. The second kappa shape index (κ2) is 2.77. The van der Waals surface area contributed by atoms with Crippen molar-refractivity contribution in [3.63, 3.8) is 0 Å². The van der Waals surface area contributed by atoms with Crippen LogP contribution < -0.4 is 0 Å². The molecule has 0 saturated heterocycles. The summed E-state index contributed by atoms with van der Waals surface area (Å²) in [7, 11) is 0. The van der Waals surface area contributed by atoms with Crippen LogP contribution in [0, 0.1) is 0 Å². The molecule has 14 heavy (non-hydrogen) atoms. The summed E-state index contributed by atoms with van der Waals surface area (Å²) in [5.41, 5.74) is 0.0317. The highest BCUT2D eigenvalue weighted by molar-refractivity contribution is 6.23. The standard InChI is InChI=1S/C10H5FO3/c11-8-4-9(13)6-2-1-5(12)3-7(6)10(8)14/h1-4,12H. The number of benzene rings is 1. The summed E-state index contributed by atoms with van der Waals surface area (Å²) < 4.78 is 12.8. The van der Waals surface area contributed by atoms with Crippen molar-refractivity contribution in [2.45, 2.75) is 0 Å². The smallest absolute Gasteiger partial charge is 0.222 e. The molecule has 0 spiro atoms. The van der Waals surface area contributed by atoms with E-state index in [0.29, 0.717) is 6.08 Å². The number of fused-ring (bicyclic) bond motifs is 1. The number of aromatic hydroxyl groups is 1. The summed E-state index contributed by atoms with van der Waals surface area (Å²) in [6.45, 7) is 0. The van der Waals surface area contributed by atoms with Crippen LogP contribution in [0.2, 0.25) is 0 Å². The van der Waals surface area contributed by atoms with E-state index in [9.17, 15) is 14.0 Å². The number of hydrogen-bond acceptors (Lipinski definition) is 3. The molecule has 2 rings (SSSR count). The van der Waals surface area contributed by atoms with E-state index in [1.165, 1.54) is 12.1 Å². The van der Waals surface area contributed by atoms with E-state index in [-0.39, 0.29) is 16.9 Å². The number of carbonyl (C=O) groups is 2. The van der Waals surface area contributed by atoms with Gasteiger partial charge in [-0.05, 0) is 18.2 Å². The number of rotatable bonds is 0. The lowest BCUT2D eigenvalue weighted by Gasteiger charge is -2.09. The first kappa shape index (κ1) is 8.62. The lowest BCUT2D eigenvalue weighted by molar-refractivity contribution is 0.0963. The van der Waals surface area contributed by atoms with Gasteiger partial charge in [0.15, 0.2) is 11.6 Å². The highest BCUT2D eigenvalue weighted by Gasteiger charge is 2.25. The first-order chi connectivity index (χ1) is 6.59. The SMILES string of the molecule is O=C1C=C(F)C(=O)c2cc(O)ccc21. The Labute approximate surface area is 78.5 Å². The molecule has 0 atom stereocenters. The fourth-order valence-electron chi connectivity index (χ4n) is 1.32. The third-order valence-corrected chi connectivity index (χ3v) is 1.99. The third kappa shape index (κ3) is 1.12. The fourth-order valence-corrected chi connectivity index (χ4v) is 1.32. The summed E-state index contributed by atoms with van der Waals surface area (Å²) in [4.78, 5) is 22.4. The van der Waals surface area contributed by atoms with Crippen molar-refractivity contribution < 1.29 is 19.1 Å². The van der Waals surface area contributed by atoms with Gasteiger partial charge in [0.1, 0.15) is 5.75 Å². The Balaban J connectivity index is 2.69. The number of phenolic OH excluding ortho intramolecular Hbond substituents is 1. The van der Waals surface area contributed by atoms with Crippen LogP contribution in [0.5, 0.6) is 5.75 Å². The number of carbonyl (C=O) groups excluding carboxylic acids is 2. The van der Waals surface area contributed by atoms with E-state index in [4.69, 9.17) is 5.11 Å². The first-order valence-corrected chi connectivity index (χ1v) is 3.89.